The van der Waals surface area contributed by atoms with Crippen molar-refractivity contribution in [2.75, 3.05) is 0 Å². The minimum absolute atomic E-state index is 0.00108. The Morgan fingerprint density at radius 1 is 1.00 bits per heavy atom. The number of hydrogen-bond donors (Lipinski definition) is 1. The van der Waals surface area contributed by atoms with Gasteiger partial charge in [-0.05, 0) is 50.5 Å². The zero-order valence-corrected chi connectivity index (χ0v) is 17.5. The lowest BCUT2D eigenvalue weighted by Gasteiger charge is -2.12. The summed E-state index contributed by atoms with van der Waals surface area (Å²) in [5.41, 5.74) is 7.85. The van der Waals surface area contributed by atoms with Crippen molar-refractivity contribution in [2.45, 2.75) is 40.2 Å². The molecule has 1 amide bonds. The predicted octanol–water partition coefficient (Wildman–Crippen LogP) is 3.97. The predicted molar refractivity (Wildman–Crippen MR) is 117 cm³/mol. The van der Waals surface area contributed by atoms with Crippen LogP contribution in [-0.2, 0) is 17.8 Å². The molecule has 0 atom stereocenters. The highest BCUT2D eigenvalue weighted by molar-refractivity contribution is 5.80. The Bertz CT molecular complexity index is 1180. The molecule has 0 aliphatic rings. The van der Waals surface area contributed by atoms with E-state index in [1.807, 2.05) is 61.7 Å². The lowest BCUT2D eigenvalue weighted by molar-refractivity contribution is -0.121. The van der Waals surface area contributed by atoms with Crippen LogP contribution in [0.25, 0.3) is 16.8 Å². The van der Waals surface area contributed by atoms with Crippen LogP contribution in [0, 0.1) is 20.8 Å². The van der Waals surface area contributed by atoms with Crippen LogP contribution in [0.2, 0.25) is 0 Å². The third-order valence-electron chi connectivity index (χ3n) is 5.36. The number of carbonyl (C=O) groups is 1. The van der Waals surface area contributed by atoms with Crippen LogP contribution in [0.15, 0.2) is 54.7 Å². The molecule has 0 aliphatic heterocycles. The monoisotopic (exact) mass is 399 g/mol. The molecule has 6 nitrogen and oxygen atoms in total. The minimum atomic E-state index is 0.00108. The average Bonchev–Trinajstić information content (AvgIpc) is 3.09. The molecular weight excluding hydrogens is 374 g/mol. The van der Waals surface area contributed by atoms with Gasteiger partial charge in [0.1, 0.15) is 0 Å². The van der Waals surface area contributed by atoms with Gasteiger partial charge in [0.15, 0.2) is 5.65 Å². The lowest BCUT2D eigenvalue weighted by atomic mass is 10.0. The number of nitrogens with one attached hydrogen (secondary N) is 1. The van der Waals surface area contributed by atoms with Gasteiger partial charge in [0, 0.05) is 29.6 Å². The van der Waals surface area contributed by atoms with E-state index in [-0.39, 0.29) is 5.91 Å². The maximum absolute atomic E-state index is 12.3. The van der Waals surface area contributed by atoms with Crippen LogP contribution in [0.1, 0.15) is 34.8 Å². The molecule has 1 N–H and O–H groups in total. The second-order valence-corrected chi connectivity index (χ2v) is 7.42. The largest absolute Gasteiger partial charge is 0.350 e. The molecule has 1 aromatic carbocycles. The van der Waals surface area contributed by atoms with Crippen LogP contribution in [0.4, 0.5) is 0 Å². The van der Waals surface area contributed by atoms with E-state index >= 15 is 0 Å². The normalized spacial score (nSPS) is 11.0. The van der Waals surface area contributed by atoms with Crippen molar-refractivity contribution >= 4 is 11.6 Å². The summed E-state index contributed by atoms with van der Waals surface area (Å²) >= 11 is 0. The summed E-state index contributed by atoms with van der Waals surface area (Å²) in [7, 11) is 0. The zero-order valence-electron chi connectivity index (χ0n) is 17.5. The number of aromatic nitrogens is 4. The molecule has 0 saturated heterocycles. The summed E-state index contributed by atoms with van der Waals surface area (Å²) in [5, 5.41) is 7.67. The third kappa shape index (κ3) is 3.94. The van der Waals surface area contributed by atoms with Gasteiger partial charge in [0.2, 0.25) is 5.91 Å². The van der Waals surface area contributed by atoms with Gasteiger partial charge in [0.25, 0.3) is 0 Å². The molecule has 0 bridgehead atoms. The van der Waals surface area contributed by atoms with E-state index in [2.05, 4.69) is 22.4 Å². The zero-order chi connectivity index (χ0) is 21.1. The first kappa shape index (κ1) is 19.8. The summed E-state index contributed by atoms with van der Waals surface area (Å²) in [5.74, 6) is 0.00108. The molecule has 3 heterocycles. The maximum Gasteiger partial charge on any atom is 0.220 e. The van der Waals surface area contributed by atoms with Gasteiger partial charge >= 0.3 is 0 Å². The molecule has 0 aliphatic carbocycles. The van der Waals surface area contributed by atoms with E-state index in [1.54, 1.807) is 6.20 Å². The smallest absolute Gasteiger partial charge is 0.220 e. The number of amides is 1. The summed E-state index contributed by atoms with van der Waals surface area (Å²) < 4.78 is 1.91. The fraction of sp³-hybridized carbons (Fsp3) is 0.250. The molecule has 6 heteroatoms. The van der Waals surface area contributed by atoms with Gasteiger partial charge in [0.05, 0.1) is 17.9 Å². The Kier molecular flexibility index (Phi) is 5.57. The fourth-order valence-corrected chi connectivity index (χ4v) is 3.79. The Morgan fingerprint density at radius 2 is 1.77 bits per heavy atom. The third-order valence-corrected chi connectivity index (χ3v) is 5.36. The molecule has 152 valence electrons. The Morgan fingerprint density at radius 3 is 2.50 bits per heavy atom. The van der Waals surface area contributed by atoms with Gasteiger partial charge in [-0.25, -0.2) is 9.50 Å². The van der Waals surface area contributed by atoms with Crippen LogP contribution in [0.3, 0.4) is 0 Å². The molecule has 0 saturated carbocycles. The Balaban J connectivity index is 1.54. The van der Waals surface area contributed by atoms with Crippen LogP contribution < -0.4 is 5.32 Å². The molecule has 4 aromatic rings. The Labute approximate surface area is 176 Å². The van der Waals surface area contributed by atoms with Gasteiger partial charge in [-0.3, -0.25) is 9.78 Å². The number of nitrogens with zero attached hydrogens (tertiary/aromatic N) is 4. The lowest BCUT2D eigenvalue weighted by Crippen LogP contribution is -2.23. The van der Waals surface area contributed by atoms with Crippen LogP contribution in [0.5, 0.6) is 0 Å². The van der Waals surface area contributed by atoms with Gasteiger partial charge < -0.3 is 5.32 Å². The van der Waals surface area contributed by atoms with Crippen molar-refractivity contribution < 1.29 is 4.79 Å². The van der Waals surface area contributed by atoms with Crippen molar-refractivity contribution in [3.05, 3.63) is 83.1 Å². The summed E-state index contributed by atoms with van der Waals surface area (Å²) in [4.78, 5) is 21.4. The first-order valence-electron chi connectivity index (χ1n) is 10.1. The summed E-state index contributed by atoms with van der Waals surface area (Å²) in [6.07, 6.45) is 2.74. The van der Waals surface area contributed by atoms with E-state index in [4.69, 9.17) is 10.1 Å². The number of rotatable bonds is 6. The fourth-order valence-electron chi connectivity index (χ4n) is 3.79. The number of hydrogen-bond acceptors (Lipinski definition) is 4. The van der Waals surface area contributed by atoms with Crippen LogP contribution in [-0.4, -0.2) is 25.5 Å². The molecule has 0 fully saturated rings. The van der Waals surface area contributed by atoms with Crippen molar-refractivity contribution in [2.24, 2.45) is 0 Å². The number of fused-ring (bicyclic) bond motifs is 1. The minimum Gasteiger partial charge on any atom is -0.350 e. The molecule has 4 rings (SSSR count). The van der Waals surface area contributed by atoms with Crippen molar-refractivity contribution in [1.82, 2.24) is 24.9 Å². The van der Waals surface area contributed by atoms with Gasteiger partial charge in [-0.2, -0.15) is 5.10 Å². The molecule has 3 aromatic heterocycles. The van der Waals surface area contributed by atoms with Crippen LogP contribution >= 0.6 is 0 Å². The van der Waals surface area contributed by atoms with E-state index < -0.39 is 0 Å². The number of benzene rings is 1. The topological polar surface area (TPSA) is 72.2 Å². The molecular formula is C24H25N5O. The highest BCUT2D eigenvalue weighted by Gasteiger charge is 2.18. The van der Waals surface area contributed by atoms with Crippen molar-refractivity contribution in [3.63, 3.8) is 0 Å². The Hall–Kier alpha value is -3.54. The SMILES string of the molecule is Cc1nc2c(-c3ccccc3)c(C)nn2c(C)c1CCC(=O)NCc1ccccn1. The van der Waals surface area contributed by atoms with E-state index in [0.29, 0.717) is 19.4 Å². The van der Waals surface area contributed by atoms with Crippen molar-refractivity contribution in [3.8, 4) is 11.1 Å². The summed E-state index contributed by atoms with van der Waals surface area (Å²) in [6, 6.07) is 15.9. The maximum atomic E-state index is 12.3. The summed E-state index contributed by atoms with van der Waals surface area (Å²) in [6.45, 7) is 6.50. The van der Waals surface area contributed by atoms with E-state index in [1.165, 1.54) is 0 Å². The quantitative estimate of drug-likeness (QED) is 0.533. The molecule has 0 spiro atoms. The van der Waals surface area contributed by atoms with E-state index in [0.717, 1.165) is 45.1 Å². The number of aryl methyl sites for hydroxylation is 3. The standard InChI is InChI=1S/C24H25N5O/c1-16-21(12-13-22(30)26-15-20-11-7-8-14-25-20)18(3)29-24(27-16)23(17(2)28-29)19-9-5-4-6-10-19/h4-11,14H,12-13,15H2,1-3H3,(H,26,30). The molecule has 30 heavy (non-hydrogen) atoms. The second-order valence-electron chi connectivity index (χ2n) is 7.42. The van der Waals surface area contributed by atoms with Crippen molar-refractivity contribution in [1.29, 1.82) is 0 Å². The molecule has 0 radical (unpaired) electrons. The van der Waals surface area contributed by atoms with Gasteiger partial charge in [-0.15, -0.1) is 0 Å². The van der Waals surface area contributed by atoms with E-state index in [9.17, 15) is 4.79 Å². The highest BCUT2D eigenvalue weighted by Crippen LogP contribution is 2.29. The highest BCUT2D eigenvalue weighted by atomic mass is 16.1. The first-order chi connectivity index (χ1) is 14.5. The first-order valence-corrected chi connectivity index (χ1v) is 10.1. The number of carbonyl (C=O) groups excluding carboxylic acids is 1. The number of pyridine rings is 1. The molecule has 0 unspecified atom stereocenters. The van der Waals surface area contributed by atoms with Gasteiger partial charge in [-0.1, -0.05) is 36.4 Å². The average molecular weight is 399 g/mol. The second kappa shape index (κ2) is 8.45.